The van der Waals surface area contributed by atoms with E-state index in [1.54, 1.807) is 6.08 Å². The van der Waals surface area contributed by atoms with Gasteiger partial charge >= 0.3 is 0 Å². The molecule has 0 saturated carbocycles. The maximum Gasteiger partial charge on any atom is 0.111 e. The Morgan fingerprint density at radius 3 is 2.50 bits per heavy atom. The molecule has 5 N–H and O–H groups in total. The second kappa shape index (κ2) is 6.32. The Balaban J connectivity index is 2.64. The van der Waals surface area contributed by atoms with Gasteiger partial charge in [-0.05, 0) is 18.5 Å². The second-order valence-corrected chi connectivity index (χ2v) is 4.16. The summed E-state index contributed by atoms with van der Waals surface area (Å²) in [4.78, 5) is 0. The molecule has 16 heavy (non-hydrogen) atoms. The van der Waals surface area contributed by atoms with Crippen LogP contribution in [0.3, 0.4) is 0 Å². The summed E-state index contributed by atoms with van der Waals surface area (Å²) in [6.45, 7) is 2.49. The van der Waals surface area contributed by atoms with E-state index in [2.05, 4.69) is 12.2 Å². The molecule has 0 aromatic heterocycles. The fourth-order valence-electron chi connectivity index (χ4n) is 1.82. The van der Waals surface area contributed by atoms with E-state index in [0.717, 1.165) is 19.4 Å². The number of unbranched alkanes of at least 4 members (excludes halogenated alkanes) is 1. The van der Waals surface area contributed by atoms with Gasteiger partial charge in [0.1, 0.15) is 18.3 Å². The van der Waals surface area contributed by atoms with Crippen molar-refractivity contribution < 1.29 is 20.4 Å². The SMILES string of the molecule is CCCCN[C@H]1C=C(CO)[C@@H](O)C(O)[C@H]1O. The Morgan fingerprint density at radius 1 is 1.25 bits per heavy atom. The van der Waals surface area contributed by atoms with Crippen LogP contribution in [0, 0.1) is 0 Å². The van der Waals surface area contributed by atoms with Crippen LogP contribution in [0.5, 0.6) is 0 Å². The van der Waals surface area contributed by atoms with Crippen molar-refractivity contribution in [1.82, 2.24) is 5.32 Å². The Bertz CT molecular complexity index is 244. The molecule has 5 nitrogen and oxygen atoms in total. The summed E-state index contributed by atoms with van der Waals surface area (Å²) >= 11 is 0. The van der Waals surface area contributed by atoms with Crippen LogP contribution in [-0.4, -0.2) is 57.9 Å². The first kappa shape index (κ1) is 13.6. The molecule has 0 amide bonds. The molecule has 1 aliphatic rings. The van der Waals surface area contributed by atoms with Gasteiger partial charge in [-0.25, -0.2) is 0 Å². The van der Waals surface area contributed by atoms with Gasteiger partial charge in [0, 0.05) is 0 Å². The van der Waals surface area contributed by atoms with Crippen molar-refractivity contribution in [2.75, 3.05) is 13.2 Å². The van der Waals surface area contributed by atoms with Gasteiger partial charge in [0.25, 0.3) is 0 Å². The standard InChI is InChI=1S/C11H21NO4/c1-2-3-4-12-8-5-7(6-13)9(14)11(16)10(8)15/h5,8-16H,2-4,6H2,1H3/t8-,9+,10-,11?/m0/s1. The highest BCUT2D eigenvalue weighted by molar-refractivity contribution is 5.21. The highest BCUT2D eigenvalue weighted by Gasteiger charge is 2.36. The van der Waals surface area contributed by atoms with E-state index >= 15 is 0 Å². The van der Waals surface area contributed by atoms with E-state index in [4.69, 9.17) is 5.11 Å². The fourth-order valence-corrected chi connectivity index (χ4v) is 1.82. The number of rotatable bonds is 5. The highest BCUT2D eigenvalue weighted by Crippen LogP contribution is 2.19. The third kappa shape index (κ3) is 3.02. The van der Waals surface area contributed by atoms with Crippen molar-refractivity contribution in [2.45, 2.75) is 44.1 Å². The Morgan fingerprint density at radius 2 is 1.94 bits per heavy atom. The van der Waals surface area contributed by atoms with Crippen LogP contribution in [0.4, 0.5) is 0 Å². The van der Waals surface area contributed by atoms with E-state index in [0.29, 0.717) is 5.57 Å². The summed E-state index contributed by atoms with van der Waals surface area (Å²) < 4.78 is 0. The summed E-state index contributed by atoms with van der Waals surface area (Å²) in [6.07, 6.45) is 0.150. The van der Waals surface area contributed by atoms with Crippen LogP contribution < -0.4 is 5.32 Å². The number of hydrogen-bond acceptors (Lipinski definition) is 5. The molecular formula is C11H21NO4. The molecule has 0 fully saturated rings. The van der Waals surface area contributed by atoms with Gasteiger partial charge in [0.2, 0.25) is 0 Å². The third-order valence-electron chi connectivity index (χ3n) is 2.91. The molecule has 0 bridgehead atoms. The summed E-state index contributed by atoms with van der Waals surface area (Å²) in [5.74, 6) is 0. The van der Waals surface area contributed by atoms with E-state index in [9.17, 15) is 15.3 Å². The Labute approximate surface area is 95.4 Å². The molecule has 0 heterocycles. The maximum atomic E-state index is 9.72. The molecular weight excluding hydrogens is 210 g/mol. The van der Waals surface area contributed by atoms with Crippen LogP contribution in [0.25, 0.3) is 0 Å². The quantitative estimate of drug-likeness (QED) is 0.301. The zero-order valence-electron chi connectivity index (χ0n) is 9.50. The minimum atomic E-state index is -1.24. The van der Waals surface area contributed by atoms with Gasteiger partial charge in [-0.2, -0.15) is 0 Å². The normalized spacial score (nSPS) is 34.9. The fraction of sp³-hybridized carbons (Fsp3) is 0.818. The zero-order chi connectivity index (χ0) is 12.1. The van der Waals surface area contributed by atoms with Crippen LogP contribution >= 0.6 is 0 Å². The molecule has 1 rings (SSSR count). The average molecular weight is 231 g/mol. The van der Waals surface area contributed by atoms with Crippen molar-refractivity contribution in [3.05, 3.63) is 11.6 Å². The lowest BCUT2D eigenvalue weighted by Gasteiger charge is -2.34. The Hall–Kier alpha value is -0.460. The van der Waals surface area contributed by atoms with Crippen molar-refractivity contribution in [2.24, 2.45) is 0 Å². The lowest BCUT2D eigenvalue weighted by molar-refractivity contribution is -0.0641. The maximum absolute atomic E-state index is 9.72. The van der Waals surface area contributed by atoms with E-state index < -0.39 is 24.4 Å². The van der Waals surface area contributed by atoms with Crippen molar-refractivity contribution in [3.63, 3.8) is 0 Å². The molecule has 4 atom stereocenters. The van der Waals surface area contributed by atoms with E-state index in [1.807, 2.05) is 0 Å². The minimum absolute atomic E-state index is 0.309. The van der Waals surface area contributed by atoms with Gasteiger partial charge in [-0.1, -0.05) is 19.4 Å². The molecule has 0 aliphatic heterocycles. The summed E-state index contributed by atoms with van der Waals surface area (Å²) in [7, 11) is 0. The number of aliphatic hydroxyl groups excluding tert-OH is 4. The lowest BCUT2D eigenvalue weighted by Crippen LogP contribution is -2.54. The third-order valence-corrected chi connectivity index (χ3v) is 2.91. The van der Waals surface area contributed by atoms with Crippen LogP contribution in [0.15, 0.2) is 11.6 Å². The zero-order valence-corrected chi connectivity index (χ0v) is 9.50. The van der Waals surface area contributed by atoms with Crippen LogP contribution in [0.1, 0.15) is 19.8 Å². The van der Waals surface area contributed by atoms with Gasteiger partial charge in [-0.15, -0.1) is 0 Å². The van der Waals surface area contributed by atoms with Crippen molar-refractivity contribution in [3.8, 4) is 0 Å². The molecule has 0 saturated heterocycles. The number of hydrogen-bond donors (Lipinski definition) is 5. The molecule has 94 valence electrons. The van der Waals surface area contributed by atoms with E-state index in [-0.39, 0.29) is 6.61 Å². The van der Waals surface area contributed by atoms with Crippen molar-refractivity contribution >= 4 is 0 Å². The predicted octanol–water partition coefficient (Wildman–Crippen LogP) is -1.24. The molecule has 0 aromatic rings. The minimum Gasteiger partial charge on any atom is -0.392 e. The first-order chi connectivity index (χ1) is 7.61. The van der Waals surface area contributed by atoms with Gasteiger partial charge in [0.15, 0.2) is 0 Å². The molecule has 0 spiro atoms. The molecule has 1 aliphatic carbocycles. The first-order valence-corrected chi connectivity index (χ1v) is 5.70. The smallest absolute Gasteiger partial charge is 0.111 e. The van der Waals surface area contributed by atoms with Gasteiger partial charge in [-0.3, -0.25) is 0 Å². The monoisotopic (exact) mass is 231 g/mol. The highest BCUT2D eigenvalue weighted by atomic mass is 16.4. The molecule has 1 unspecified atom stereocenters. The molecule has 0 radical (unpaired) electrons. The largest absolute Gasteiger partial charge is 0.392 e. The predicted molar refractivity (Wildman–Crippen MR) is 59.9 cm³/mol. The second-order valence-electron chi connectivity index (χ2n) is 4.16. The van der Waals surface area contributed by atoms with E-state index in [1.165, 1.54) is 0 Å². The van der Waals surface area contributed by atoms with Crippen LogP contribution in [0.2, 0.25) is 0 Å². The topological polar surface area (TPSA) is 93.0 Å². The summed E-state index contributed by atoms with van der Waals surface area (Å²) in [5.41, 5.74) is 0.354. The van der Waals surface area contributed by atoms with Crippen LogP contribution in [-0.2, 0) is 0 Å². The Kier molecular flexibility index (Phi) is 5.37. The van der Waals surface area contributed by atoms with Crippen molar-refractivity contribution in [1.29, 1.82) is 0 Å². The summed E-state index contributed by atoms with van der Waals surface area (Å²) in [6, 6.07) is -0.410. The summed E-state index contributed by atoms with van der Waals surface area (Å²) in [5, 5.41) is 40.9. The average Bonchev–Trinajstić information content (AvgIpc) is 2.29. The lowest BCUT2D eigenvalue weighted by atomic mass is 9.88. The number of nitrogens with one attached hydrogen (secondary N) is 1. The first-order valence-electron chi connectivity index (χ1n) is 5.70. The molecule has 0 aromatic carbocycles. The molecule has 5 heteroatoms. The van der Waals surface area contributed by atoms with Gasteiger partial charge < -0.3 is 25.7 Å². The van der Waals surface area contributed by atoms with Gasteiger partial charge in [0.05, 0.1) is 12.6 Å². The number of aliphatic hydroxyl groups is 4.